The van der Waals surface area contributed by atoms with E-state index in [1.165, 1.54) is 0 Å². The Hall–Kier alpha value is -3.68. The number of morpholine rings is 1. The third-order valence-corrected chi connectivity index (χ3v) is 6.01. The van der Waals surface area contributed by atoms with Crippen LogP contribution in [0.15, 0.2) is 71.7 Å². The van der Waals surface area contributed by atoms with Crippen LogP contribution in [-0.4, -0.2) is 56.2 Å². The molecule has 2 aliphatic rings. The fourth-order valence-corrected chi connectivity index (χ4v) is 4.19. The first-order valence-electron chi connectivity index (χ1n) is 11.5. The van der Waals surface area contributed by atoms with Gasteiger partial charge in [0.1, 0.15) is 12.4 Å². The monoisotopic (exact) mass is 457 g/mol. The molecule has 0 radical (unpaired) electrons. The summed E-state index contributed by atoms with van der Waals surface area (Å²) < 4.78 is 10.9. The molecule has 0 unspecified atom stereocenters. The number of aliphatic imine (C=N–C) groups is 1. The Morgan fingerprint density at radius 2 is 1.79 bits per heavy atom. The second kappa shape index (κ2) is 10.1. The van der Waals surface area contributed by atoms with E-state index in [1.807, 2.05) is 66.7 Å². The molecular weight excluding hydrogens is 430 g/mol. The fourth-order valence-electron chi connectivity index (χ4n) is 4.19. The number of hydrogen-bond acceptors (Lipinski definition) is 6. The van der Waals surface area contributed by atoms with Gasteiger partial charge in [-0.2, -0.15) is 0 Å². The van der Waals surface area contributed by atoms with Gasteiger partial charge in [0.05, 0.1) is 31.2 Å². The molecule has 0 aliphatic carbocycles. The van der Waals surface area contributed by atoms with Gasteiger partial charge in [0, 0.05) is 36.4 Å². The largest absolute Gasteiger partial charge is 0.491 e. The van der Waals surface area contributed by atoms with Gasteiger partial charge in [-0.25, -0.2) is 0 Å². The number of anilines is 2. The average molecular weight is 458 g/mol. The number of carbonyl (C=O) groups is 1. The molecule has 3 aromatic rings. The van der Waals surface area contributed by atoms with Gasteiger partial charge in [-0.3, -0.25) is 9.79 Å². The van der Waals surface area contributed by atoms with E-state index in [9.17, 15) is 4.79 Å². The van der Waals surface area contributed by atoms with Crippen molar-refractivity contribution in [2.24, 2.45) is 4.99 Å². The molecule has 7 nitrogen and oxygen atoms in total. The SMILES string of the molecule is O=C(Nc1ccc(N2CCOCC2)cc1)c1ccc(C2=Nc3ccc(OCCO)cc3C2)cc1. The molecule has 0 spiro atoms. The summed E-state index contributed by atoms with van der Waals surface area (Å²) in [6, 6.07) is 21.2. The standard InChI is InChI=1S/C27H27N3O4/c31-13-16-34-24-9-10-25-21(17-24)18-26(29-25)19-1-3-20(4-2-19)27(32)28-22-5-7-23(8-6-22)30-11-14-33-15-12-30/h1-10,17,31H,11-16,18H2,(H,28,32). The van der Waals surface area contributed by atoms with E-state index >= 15 is 0 Å². The van der Waals surface area contributed by atoms with Crippen molar-refractivity contribution in [2.45, 2.75) is 6.42 Å². The van der Waals surface area contributed by atoms with Crippen LogP contribution in [0.5, 0.6) is 5.75 Å². The highest BCUT2D eigenvalue weighted by atomic mass is 16.5. The van der Waals surface area contributed by atoms with Crippen LogP contribution in [0.25, 0.3) is 0 Å². The summed E-state index contributed by atoms with van der Waals surface area (Å²) in [6.45, 7) is 3.51. The van der Waals surface area contributed by atoms with Gasteiger partial charge in [0.2, 0.25) is 0 Å². The lowest BCUT2D eigenvalue weighted by molar-refractivity contribution is 0.102. The van der Waals surface area contributed by atoms with Gasteiger partial charge in [-0.05, 0) is 65.7 Å². The van der Waals surface area contributed by atoms with Gasteiger partial charge in [0.15, 0.2) is 0 Å². The molecule has 174 valence electrons. The normalized spacial score (nSPS) is 15.0. The first-order valence-corrected chi connectivity index (χ1v) is 11.5. The van der Waals surface area contributed by atoms with E-state index in [1.54, 1.807) is 0 Å². The van der Waals surface area contributed by atoms with E-state index in [-0.39, 0.29) is 19.1 Å². The third-order valence-electron chi connectivity index (χ3n) is 6.01. The lowest BCUT2D eigenvalue weighted by Crippen LogP contribution is -2.36. The number of carbonyl (C=O) groups excluding carboxylic acids is 1. The number of aliphatic hydroxyl groups excluding tert-OH is 1. The number of fused-ring (bicyclic) bond motifs is 1. The van der Waals surface area contributed by atoms with E-state index < -0.39 is 0 Å². The number of amides is 1. The minimum atomic E-state index is -0.145. The topological polar surface area (TPSA) is 83.4 Å². The molecular formula is C27H27N3O4. The molecule has 34 heavy (non-hydrogen) atoms. The van der Waals surface area contributed by atoms with Crippen molar-refractivity contribution >= 4 is 28.7 Å². The lowest BCUT2D eigenvalue weighted by Gasteiger charge is -2.28. The summed E-state index contributed by atoms with van der Waals surface area (Å²) in [4.78, 5) is 19.7. The highest BCUT2D eigenvalue weighted by Crippen LogP contribution is 2.32. The molecule has 1 saturated heterocycles. The van der Waals surface area contributed by atoms with Gasteiger partial charge in [0.25, 0.3) is 5.91 Å². The van der Waals surface area contributed by atoms with Crippen molar-refractivity contribution in [1.82, 2.24) is 0 Å². The predicted octanol–water partition coefficient (Wildman–Crippen LogP) is 3.82. The van der Waals surface area contributed by atoms with E-state index in [0.717, 1.165) is 66.0 Å². The Balaban J connectivity index is 1.20. The van der Waals surface area contributed by atoms with Crippen molar-refractivity contribution in [3.05, 3.63) is 83.4 Å². The van der Waals surface area contributed by atoms with Crippen LogP contribution in [0.2, 0.25) is 0 Å². The smallest absolute Gasteiger partial charge is 0.255 e. The van der Waals surface area contributed by atoms with Crippen molar-refractivity contribution in [3.63, 3.8) is 0 Å². The fraction of sp³-hybridized carbons (Fsp3) is 0.259. The second-order valence-corrected chi connectivity index (χ2v) is 8.28. The Morgan fingerprint density at radius 3 is 2.53 bits per heavy atom. The van der Waals surface area contributed by atoms with Crippen molar-refractivity contribution in [2.75, 3.05) is 49.7 Å². The molecule has 3 aromatic carbocycles. The maximum absolute atomic E-state index is 12.7. The maximum atomic E-state index is 12.7. The number of nitrogens with zero attached hydrogens (tertiary/aromatic N) is 2. The van der Waals surface area contributed by atoms with Crippen molar-refractivity contribution in [3.8, 4) is 5.75 Å². The summed E-state index contributed by atoms with van der Waals surface area (Å²) in [6.07, 6.45) is 0.701. The second-order valence-electron chi connectivity index (χ2n) is 8.28. The highest BCUT2D eigenvalue weighted by Gasteiger charge is 2.18. The first kappa shape index (κ1) is 22.1. The van der Waals surface area contributed by atoms with Crippen molar-refractivity contribution in [1.29, 1.82) is 0 Å². The molecule has 1 amide bonds. The molecule has 5 rings (SSSR count). The average Bonchev–Trinajstić information content (AvgIpc) is 3.32. The quantitative estimate of drug-likeness (QED) is 0.564. The summed E-state index contributed by atoms with van der Waals surface area (Å²) in [7, 11) is 0. The third kappa shape index (κ3) is 4.95. The first-order chi connectivity index (χ1) is 16.7. The zero-order valence-electron chi connectivity index (χ0n) is 18.9. The molecule has 7 heteroatoms. The van der Waals surface area contributed by atoms with E-state index in [4.69, 9.17) is 19.6 Å². The lowest BCUT2D eigenvalue weighted by atomic mass is 10.0. The molecule has 1 fully saturated rings. The zero-order valence-corrected chi connectivity index (χ0v) is 18.9. The molecule has 2 N–H and O–H groups in total. The summed E-state index contributed by atoms with van der Waals surface area (Å²) >= 11 is 0. The minimum Gasteiger partial charge on any atom is -0.491 e. The predicted molar refractivity (Wildman–Crippen MR) is 133 cm³/mol. The Kier molecular flexibility index (Phi) is 6.56. The van der Waals surface area contributed by atoms with Gasteiger partial charge in [-0.15, -0.1) is 0 Å². The molecule has 0 aromatic heterocycles. The van der Waals surface area contributed by atoms with Gasteiger partial charge < -0.3 is 24.8 Å². The summed E-state index contributed by atoms with van der Waals surface area (Å²) in [5, 5.41) is 11.9. The molecule has 2 aliphatic heterocycles. The molecule has 0 atom stereocenters. The minimum absolute atomic E-state index is 0.0154. The molecule has 0 bridgehead atoms. The van der Waals surface area contributed by atoms with Crippen LogP contribution in [0.3, 0.4) is 0 Å². The number of hydrogen-bond donors (Lipinski definition) is 2. The number of nitrogens with one attached hydrogen (secondary N) is 1. The van der Waals surface area contributed by atoms with Crippen LogP contribution in [0, 0.1) is 0 Å². The maximum Gasteiger partial charge on any atom is 0.255 e. The van der Waals surface area contributed by atoms with Crippen LogP contribution in [0.1, 0.15) is 21.5 Å². The van der Waals surface area contributed by atoms with E-state index in [2.05, 4.69) is 10.2 Å². The highest BCUT2D eigenvalue weighted by molar-refractivity contribution is 6.08. The number of rotatable bonds is 7. The van der Waals surface area contributed by atoms with Crippen molar-refractivity contribution < 1.29 is 19.4 Å². The number of ether oxygens (including phenoxy) is 2. The summed E-state index contributed by atoms with van der Waals surface area (Å²) in [5.41, 5.74) is 6.45. The van der Waals surface area contributed by atoms with Crippen LogP contribution >= 0.6 is 0 Å². The Bertz CT molecular complexity index is 1180. The molecule has 2 heterocycles. The summed E-state index contributed by atoms with van der Waals surface area (Å²) in [5.74, 6) is 0.585. The van der Waals surface area contributed by atoms with E-state index in [0.29, 0.717) is 12.0 Å². The van der Waals surface area contributed by atoms with Gasteiger partial charge >= 0.3 is 0 Å². The van der Waals surface area contributed by atoms with Gasteiger partial charge in [-0.1, -0.05) is 12.1 Å². The van der Waals surface area contributed by atoms with Crippen LogP contribution < -0.4 is 15.0 Å². The Labute approximate surface area is 198 Å². The number of aliphatic hydroxyl groups is 1. The zero-order chi connectivity index (χ0) is 23.3. The van der Waals surface area contributed by atoms with Crippen LogP contribution in [0.4, 0.5) is 17.1 Å². The Morgan fingerprint density at radius 1 is 1.03 bits per heavy atom. The van der Waals surface area contributed by atoms with Crippen LogP contribution in [-0.2, 0) is 11.2 Å². The molecule has 0 saturated carbocycles. The number of benzene rings is 3.